The van der Waals surface area contributed by atoms with Gasteiger partial charge in [0.05, 0.1) is 5.25 Å². The highest BCUT2D eigenvalue weighted by Gasteiger charge is 2.13. The van der Waals surface area contributed by atoms with Gasteiger partial charge < -0.3 is 0 Å². The summed E-state index contributed by atoms with van der Waals surface area (Å²) in [5, 5.41) is -0.340. The largest absolute Gasteiger partial charge is 0.408 e. The van der Waals surface area contributed by atoms with Crippen molar-refractivity contribution in [1.82, 2.24) is 0 Å². The first-order valence-electron chi connectivity index (χ1n) is 4.03. The number of rotatable bonds is 5. The Morgan fingerprint density at radius 2 is 2.00 bits per heavy atom. The van der Waals surface area contributed by atoms with Gasteiger partial charge in [0.2, 0.25) is 0 Å². The van der Waals surface area contributed by atoms with Crippen LogP contribution in [0.2, 0.25) is 0 Å². The van der Waals surface area contributed by atoms with Crippen LogP contribution in [-0.2, 0) is 14.0 Å². The molecular weight excluding hydrogens is 236 g/mol. The fourth-order valence-electron chi connectivity index (χ4n) is 0.966. The molecule has 0 radical (unpaired) electrons. The van der Waals surface area contributed by atoms with Crippen molar-refractivity contribution < 1.29 is 16.6 Å². The summed E-state index contributed by atoms with van der Waals surface area (Å²) in [5.74, 6) is 0. The van der Waals surface area contributed by atoms with E-state index in [1.807, 2.05) is 30.3 Å². The average molecular weight is 246 g/mol. The third kappa shape index (κ3) is 4.48. The van der Waals surface area contributed by atoms with E-state index in [9.17, 15) is 8.42 Å². The quantitative estimate of drug-likeness (QED) is 0.491. The van der Waals surface area contributed by atoms with Crippen LogP contribution < -0.4 is 0 Å². The Balaban J connectivity index is 2.70. The SMILES string of the molecule is C=CC(SOS(=O)(=O)O)c1ccccc1. The smallest absolute Gasteiger partial charge is 0.263 e. The monoisotopic (exact) mass is 246 g/mol. The van der Waals surface area contributed by atoms with Crippen LogP contribution in [0.5, 0.6) is 0 Å². The molecule has 0 aliphatic rings. The summed E-state index contributed by atoms with van der Waals surface area (Å²) < 4.78 is 33.3. The van der Waals surface area contributed by atoms with Gasteiger partial charge in [0.15, 0.2) is 0 Å². The molecule has 0 amide bonds. The fourth-order valence-corrected chi connectivity index (χ4v) is 2.05. The van der Waals surface area contributed by atoms with Crippen molar-refractivity contribution in [2.75, 3.05) is 0 Å². The standard InChI is InChI=1S/C9H10O4S2/c1-2-9(14-13-15(10,11)12)8-6-4-3-5-7-8/h2-7,9H,1H2,(H,10,11,12). The third-order valence-corrected chi connectivity index (χ3v) is 3.25. The van der Waals surface area contributed by atoms with Gasteiger partial charge in [0.25, 0.3) is 0 Å². The van der Waals surface area contributed by atoms with Crippen LogP contribution in [0.1, 0.15) is 10.8 Å². The minimum atomic E-state index is -4.42. The van der Waals surface area contributed by atoms with Crippen molar-refractivity contribution in [2.45, 2.75) is 5.25 Å². The lowest BCUT2D eigenvalue weighted by Crippen LogP contribution is -1.99. The van der Waals surface area contributed by atoms with Gasteiger partial charge in [-0.15, -0.1) is 6.58 Å². The van der Waals surface area contributed by atoms with E-state index in [1.54, 1.807) is 0 Å². The predicted molar refractivity (Wildman–Crippen MR) is 59.6 cm³/mol. The van der Waals surface area contributed by atoms with Crippen molar-refractivity contribution in [3.63, 3.8) is 0 Å². The van der Waals surface area contributed by atoms with Crippen LogP contribution >= 0.6 is 12.0 Å². The Labute approximate surface area is 93.1 Å². The highest BCUT2D eigenvalue weighted by molar-refractivity contribution is 8.03. The molecule has 0 fully saturated rings. The van der Waals surface area contributed by atoms with Crippen molar-refractivity contribution in [3.8, 4) is 0 Å². The van der Waals surface area contributed by atoms with E-state index in [1.165, 1.54) is 6.08 Å². The summed E-state index contributed by atoms with van der Waals surface area (Å²) in [5.41, 5.74) is 0.848. The van der Waals surface area contributed by atoms with Crippen LogP contribution in [-0.4, -0.2) is 13.0 Å². The van der Waals surface area contributed by atoms with Crippen LogP contribution in [0.15, 0.2) is 43.0 Å². The normalized spacial score (nSPS) is 13.4. The zero-order valence-electron chi connectivity index (χ0n) is 7.74. The van der Waals surface area contributed by atoms with Gasteiger partial charge in [-0.3, -0.25) is 4.55 Å². The van der Waals surface area contributed by atoms with Crippen molar-refractivity contribution in [2.24, 2.45) is 0 Å². The molecule has 0 spiro atoms. The lowest BCUT2D eigenvalue weighted by molar-refractivity contribution is 0.407. The molecule has 0 saturated carbocycles. The minimum Gasteiger partial charge on any atom is -0.263 e. The lowest BCUT2D eigenvalue weighted by Gasteiger charge is -2.09. The zero-order chi connectivity index (χ0) is 11.3. The Bertz CT molecular complexity index is 413. The van der Waals surface area contributed by atoms with E-state index in [0.717, 1.165) is 5.56 Å². The van der Waals surface area contributed by atoms with Crippen molar-refractivity contribution in [1.29, 1.82) is 0 Å². The van der Waals surface area contributed by atoms with E-state index >= 15 is 0 Å². The topological polar surface area (TPSA) is 63.6 Å². The molecule has 4 nitrogen and oxygen atoms in total. The second kappa shape index (κ2) is 5.32. The van der Waals surface area contributed by atoms with Crippen molar-refractivity contribution >= 4 is 22.4 Å². The van der Waals surface area contributed by atoms with Crippen molar-refractivity contribution in [3.05, 3.63) is 48.6 Å². The highest BCUT2D eigenvalue weighted by atomic mass is 32.3. The van der Waals surface area contributed by atoms with Crippen LogP contribution in [0.25, 0.3) is 0 Å². The first-order chi connectivity index (χ1) is 7.03. The molecule has 15 heavy (non-hydrogen) atoms. The molecule has 0 aliphatic heterocycles. The lowest BCUT2D eigenvalue weighted by atomic mass is 10.1. The van der Waals surface area contributed by atoms with E-state index in [4.69, 9.17) is 4.55 Å². The minimum absolute atomic E-state index is 0.340. The summed E-state index contributed by atoms with van der Waals surface area (Å²) >= 11 is 0.626. The van der Waals surface area contributed by atoms with E-state index < -0.39 is 10.4 Å². The molecule has 1 rings (SSSR count). The van der Waals surface area contributed by atoms with Gasteiger partial charge in [0, 0.05) is 12.0 Å². The van der Waals surface area contributed by atoms with Crippen LogP contribution in [0.3, 0.4) is 0 Å². The number of benzene rings is 1. The van der Waals surface area contributed by atoms with Gasteiger partial charge in [0.1, 0.15) is 0 Å². The maximum Gasteiger partial charge on any atom is 0.408 e. The molecule has 6 heteroatoms. The zero-order valence-corrected chi connectivity index (χ0v) is 9.37. The van der Waals surface area contributed by atoms with Gasteiger partial charge in [-0.25, -0.2) is 0 Å². The first-order valence-corrected chi connectivity index (χ1v) is 6.20. The molecule has 1 unspecified atom stereocenters. The average Bonchev–Trinajstić information content (AvgIpc) is 2.19. The molecule has 82 valence electrons. The van der Waals surface area contributed by atoms with E-state index in [0.29, 0.717) is 12.0 Å². The van der Waals surface area contributed by atoms with Crippen LogP contribution in [0.4, 0.5) is 0 Å². The molecular formula is C9H10O4S2. The summed E-state index contributed by atoms with van der Waals surface area (Å²) in [6.45, 7) is 3.56. The molecule has 0 aromatic heterocycles. The highest BCUT2D eigenvalue weighted by Crippen LogP contribution is 2.31. The molecule has 0 saturated heterocycles. The molecule has 0 aliphatic carbocycles. The van der Waals surface area contributed by atoms with E-state index in [-0.39, 0.29) is 5.25 Å². The van der Waals surface area contributed by atoms with Gasteiger partial charge >= 0.3 is 10.4 Å². The third-order valence-electron chi connectivity index (χ3n) is 1.57. The molecule has 1 aromatic carbocycles. The maximum atomic E-state index is 10.4. The van der Waals surface area contributed by atoms with Crippen LogP contribution in [0, 0.1) is 0 Å². The predicted octanol–water partition coefficient (Wildman–Crippen LogP) is 2.38. The van der Waals surface area contributed by atoms with Gasteiger partial charge in [-0.05, 0) is 5.56 Å². The summed E-state index contributed by atoms with van der Waals surface area (Å²) in [6, 6.07) is 9.11. The van der Waals surface area contributed by atoms with E-state index in [2.05, 4.69) is 10.2 Å². The summed E-state index contributed by atoms with van der Waals surface area (Å²) in [4.78, 5) is 0. The molecule has 1 N–H and O–H groups in total. The second-order valence-electron chi connectivity index (χ2n) is 2.66. The second-order valence-corrected chi connectivity index (χ2v) is 4.76. The molecule has 1 atom stereocenters. The van der Waals surface area contributed by atoms with Gasteiger partial charge in [-0.2, -0.15) is 12.0 Å². The summed E-state index contributed by atoms with van der Waals surface area (Å²) in [7, 11) is -4.42. The first kappa shape index (κ1) is 12.3. The molecule has 1 aromatic rings. The maximum absolute atomic E-state index is 10.4. The van der Waals surface area contributed by atoms with Gasteiger partial charge in [-0.1, -0.05) is 36.4 Å². The summed E-state index contributed by atoms with van der Waals surface area (Å²) in [6.07, 6.45) is 1.53. The molecule has 0 heterocycles. The Hall–Kier alpha value is -0.820. The number of hydrogen-bond donors (Lipinski definition) is 1. The fraction of sp³-hybridized carbons (Fsp3) is 0.111. The Kier molecular flexibility index (Phi) is 4.34. The Morgan fingerprint density at radius 3 is 2.47 bits per heavy atom. The Morgan fingerprint density at radius 1 is 1.40 bits per heavy atom. The molecule has 0 bridgehead atoms. The number of hydrogen-bond acceptors (Lipinski definition) is 4.